The zero-order chi connectivity index (χ0) is 33.9. The minimum absolute atomic E-state index is 0.143. The van der Waals surface area contributed by atoms with Gasteiger partial charge in [0.15, 0.2) is 6.29 Å². The molecule has 0 aromatic heterocycles. The lowest BCUT2D eigenvalue weighted by Gasteiger charge is -2.40. The molecule has 1 heterocycles. The van der Waals surface area contributed by atoms with Crippen molar-refractivity contribution in [2.24, 2.45) is 0 Å². The Kier molecular flexibility index (Phi) is 13.0. The molecule has 1 aliphatic heterocycles. The summed E-state index contributed by atoms with van der Waals surface area (Å²) in [6.07, 6.45) is -1.45. The van der Waals surface area contributed by atoms with E-state index < -0.39 is 12.4 Å². The second kappa shape index (κ2) is 17.6. The number of ether oxygens (including phenoxy) is 7. The van der Waals surface area contributed by atoms with Crippen molar-refractivity contribution in [2.75, 3.05) is 47.6 Å². The SMILES string of the molecule is COc1cc(F)ccc1COCCCOc1ccc([C@@H]2[C@@H](OCc3cc(OC)c4ccccc4c3)CNC[C@H]2OC(OC)C(C)O)cc1. The van der Waals surface area contributed by atoms with Crippen LogP contribution in [-0.4, -0.2) is 77.3 Å². The third kappa shape index (κ3) is 9.22. The molecule has 5 rings (SSSR count). The highest BCUT2D eigenvalue weighted by molar-refractivity contribution is 5.89. The summed E-state index contributed by atoms with van der Waals surface area (Å²) in [6, 6.07) is 24.7. The average molecular weight is 664 g/mol. The smallest absolute Gasteiger partial charge is 0.183 e. The Hall–Kier alpha value is -3.77. The number of nitrogens with one attached hydrogen (secondary N) is 1. The van der Waals surface area contributed by atoms with Crippen LogP contribution in [0.2, 0.25) is 0 Å². The number of hydrogen-bond acceptors (Lipinski definition) is 9. The predicted molar refractivity (Wildman–Crippen MR) is 181 cm³/mol. The molecule has 0 radical (unpaired) electrons. The molecule has 0 spiro atoms. The summed E-state index contributed by atoms with van der Waals surface area (Å²) in [5, 5.41) is 15.8. The van der Waals surface area contributed by atoms with Crippen LogP contribution >= 0.6 is 0 Å². The van der Waals surface area contributed by atoms with Gasteiger partial charge in [-0.1, -0.05) is 42.5 Å². The summed E-state index contributed by atoms with van der Waals surface area (Å²) in [5.41, 5.74) is 2.84. The van der Waals surface area contributed by atoms with Crippen LogP contribution in [0, 0.1) is 5.82 Å². The molecule has 1 fully saturated rings. The number of aliphatic hydroxyl groups excluding tert-OH is 1. The lowest BCUT2D eigenvalue weighted by molar-refractivity contribution is -0.213. The van der Waals surface area contributed by atoms with E-state index in [0.29, 0.717) is 51.7 Å². The second-order valence-electron chi connectivity index (χ2n) is 11.9. The minimum atomic E-state index is -0.806. The lowest BCUT2D eigenvalue weighted by atomic mass is 9.85. The Bertz CT molecular complexity index is 1580. The number of halogens is 1. The van der Waals surface area contributed by atoms with Gasteiger partial charge in [-0.05, 0) is 53.8 Å². The van der Waals surface area contributed by atoms with Gasteiger partial charge in [0.25, 0.3) is 0 Å². The first-order valence-electron chi connectivity index (χ1n) is 16.3. The monoisotopic (exact) mass is 663 g/mol. The van der Waals surface area contributed by atoms with Crippen molar-refractivity contribution in [1.29, 1.82) is 0 Å². The number of benzene rings is 4. The van der Waals surface area contributed by atoms with Crippen LogP contribution in [-0.2, 0) is 32.2 Å². The summed E-state index contributed by atoms with van der Waals surface area (Å²) in [6.45, 7) is 4.53. The molecule has 10 heteroatoms. The van der Waals surface area contributed by atoms with Crippen LogP contribution in [0.4, 0.5) is 4.39 Å². The highest BCUT2D eigenvalue weighted by Crippen LogP contribution is 2.34. The Morgan fingerprint density at radius 3 is 2.38 bits per heavy atom. The lowest BCUT2D eigenvalue weighted by Crippen LogP contribution is -2.52. The van der Waals surface area contributed by atoms with Crippen molar-refractivity contribution >= 4 is 10.8 Å². The van der Waals surface area contributed by atoms with Crippen LogP contribution in [0.15, 0.2) is 78.9 Å². The third-order valence-electron chi connectivity index (χ3n) is 8.47. The average Bonchev–Trinajstić information content (AvgIpc) is 3.11. The van der Waals surface area contributed by atoms with E-state index >= 15 is 0 Å². The first-order valence-corrected chi connectivity index (χ1v) is 16.3. The van der Waals surface area contributed by atoms with Gasteiger partial charge < -0.3 is 43.6 Å². The van der Waals surface area contributed by atoms with Gasteiger partial charge in [0.05, 0.1) is 52.9 Å². The largest absolute Gasteiger partial charge is 0.496 e. The fourth-order valence-corrected chi connectivity index (χ4v) is 6.07. The molecule has 0 amide bonds. The molecule has 5 atom stereocenters. The van der Waals surface area contributed by atoms with Gasteiger partial charge in [-0.3, -0.25) is 0 Å². The van der Waals surface area contributed by atoms with Crippen LogP contribution in [0.25, 0.3) is 10.8 Å². The number of rotatable bonds is 17. The number of hydrogen-bond donors (Lipinski definition) is 2. The van der Waals surface area contributed by atoms with E-state index in [1.54, 1.807) is 20.1 Å². The van der Waals surface area contributed by atoms with Crippen LogP contribution in [0.3, 0.4) is 0 Å². The van der Waals surface area contributed by atoms with Gasteiger partial charge in [0.2, 0.25) is 0 Å². The van der Waals surface area contributed by atoms with Crippen molar-refractivity contribution in [3.05, 3.63) is 101 Å². The van der Waals surface area contributed by atoms with Crippen molar-refractivity contribution in [3.63, 3.8) is 0 Å². The Morgan fingerprint density at radius 2 is 1.62 bits per heavy atom. The fraction of sp³-hybridized carbons (Fsp3) is 0.421. The molecule has 1 saturated heterocycles. The molecule has 0 bridgehead atoms. The number of methoxy groups -OCH3 is 3. The Morgan fingerprint density at radius 1 is 0.854 bits per heavy atom. The standard InChI is InChI=1S/C38H46FNO8/c1-25(41)38(44-4)48-36-22-40-21-35(47-23-26-18-28-8-5-6-9-32(28)34(19-26)43-3)37(36)27-11-14-31(15-12-27)46-17-7-16-45-24-29-10-13-30(39)20-33(29)42-2/h5-6,8-15,18-20,25,35-38,40-41H,7,16-17,21-24H2,1-4H3/t25?,35-,36+,37+,38?/m0/s1. The molecule has 2 N–H and O–H groups in total. The van der Waals surface area contributed by atoms with Crippen LogP contribution in [0.1, 0.15) is 36.0 Å². The van der Waals surface area contributed by atoms with Gasteiger partial charge in [-0.2, -0.15) is 0 Å². The first kappa shape index (κ1) is 35.5. The number of aliphatic hydroxyl groups is 1. The summed E-state index contributed by atoms with van der Waals surface area (Å²) in [7, 11) is 4.72. The van der Waals surface area contributed by atoms with Crippen molar-refractivity contribution in [2.45, 2.75) is 57.1 Å². The fourth-order valence-electron chi connectivity index (χ4n) is 6.07. The molecule has 0 aliphatic carbocycles. The zero-order valence-electron chi connectivity index (χ0n) is 28.0. The summed E-state index contributed by atoms with van der Waals surface area (Å²) < 4.78 is 54.5. The summed E-state index contributed by atoms with van der Waals surface area (Å²) >= 11 is 0. The van der Waals surface area contributed by atoms with Crippen LogP contribution < -0.4 is 19.5 Å². The topological polar surface area (TPSA) is 96.9 Å². The van der Waals surface area contributed by atoms with E-state index in [9.17, 15) is 9.50 Å². The maximum Gasteiger partial charge on any atom is 0.183 e. The molecule has 4 aromatic rings. The third-order valence-corrected chi connectivity index (χ3v) is 8.47. The predicted octanol–water partition coefficient (Wildman–Crippen LogP) is 5.99. The highest BCUT2D eigenvalue weighted by atomic mass is 19.1. The van der Waals surface area contributed by atoms with Gasteiger partial charge in [-0.25, -0.2) is 4.39 Å². The molecule has 48 heavy (non-hydrogen) atoms. The van der Waals surface area contributed by atoms with E-state index in [4.69, 9.17) is 33.2 Å². The first-order chi connectivity index (χ1) is 23.4. The molecule has 9 nitrogen and oxygen atoms in total. The number of fused-ring (bicyclic) bond motifs is 1. The zero-order valence-corrected chi connectivity index (χ0v) is 28.0. The molecular formula is C38H46FNO8. The van der Waals surface area contributed by atoms with E-state index in [0.717, 1.165) is 39.0 Å². The van der Waals surface area contributed by atoms with Gasteiger partial charge in [0.1, 0.15) is 29.2 Å². The molecular weight excluding hydrogens is 617 g/mol. The van der Waals surface area contributed by atoms with Crippen LogP contribution in [0.5, 0.6) is 17.2 Å². The molecule has 0 saturated carbocycles. The van der Waals surface area contributed by atoms with Crippen molar-refractivity contribution in [1.82, 2.24) is 5.32 Å². The van der Waals surface area contributed by atoms with Gasteiger partial charge in [0, 0.05) is 49.6 Å². The van der Waals surface area contributed by atoms with E-state index in [1.165, 1.54) is 26.4 Å². The van der Waals surface area contributed by atoms with E-state index in [2.05, 4.69) is 17.4 Å². The normalized spacial score (nSPS) is 19.2. The van der Waals surface area contributed by atoms with Gasteiger partial charge in [-0.15, -0.1) is 0 Å². The van der Waals surface area contributed by atoms with Gasteiger partial charge >= 0.3 is 0 Å². The van der Waals surface area contributed by atoms with E-state index in [-0.39, 0.29) is 23.9 Å². The summed E-state index contributed by atoms with van der Waals surface area (Å²) in [4.78, 5) is 0. The Balaban J connectivity index is 1.22. The number of piperidine rings is 1. The quantitative estimate of drug-likeness (QED) is 0.104. The molecule has 258 valence electrons. The maximum atomic E-state index is 13.4. The minimum Gasteiger partial charge on any atom is -0.496 e. The summed E-state index contributed by atoms with van der Waals surface area (Å²) in [5.74, 6) is 1.53. The molecule has 4 aromatic carbocycles. The van der Waals surface area contributed by atoms with Crippen molar-refractivity contribution in [3.8, 4) is 17.2 Å². The van der Waals surface area contributed by atoms with Crippen molar-refractivity contribution < 1.29 is 42.7 Å². The van der Waals surface area contributed by atoms with E-state index in [1.807, 2.05) is 48.5 Å². The highest BCUT2D eigenvalue weighted by Gasteiger charge is 2.38. The maximum absolute atomic E-state index is 13.4. The molecule has 1 aliphatic rings. The Labute approximate surface area is 281 Å². The second-order valence-corrected chi connectivity index (χ2v) is 11.9. The molecule has 2 unspecified atom stereocenters.